The summed E-state index contributed by atoms with van der Waals surface area (Å²) in [7, 11) is -2.10. The standard InChI is InChI=1S/C21H22N2O4S2/c1-16-5-3-6-19(15-16)27-13-12-22-21(24)17-8-10-18(11-9-17)23(2)29(25,26)20-7-4-14-28-20/h3-11,14-15H,12-13H2,1-2H3,(H,22,24). The summed E-state index contributed by atoms with van der Waals surface area (Å²) < 4.78 is 32.2. The fraction of sp³-hybridized carbons (Fsp3) is 0.190. The van der Waals surface area contributed by atoms with E-state index in [0.717, 1.165) is 11.3 Å². The van der Waals surface area contributed by atoms with E-state index in [1.54, 1.807) is 41.8 Å². The molecule has 0 aliphatic heterocycles. The fourth-order valence-electron chi connectivity index (χ4n) is 2.65. The molecule has 0 aliphatic carbocycles. The highest BCUT2D eigenvalue weighted by Gasteiger charge is 2.22. The number of anilines is 1. The Labute approximate surface area is 174 Å². The molecule has 152 valence electrons. The summed E-state index contributed by atoms with van der Waals surface area (Å²) in [6.07, 6.45) is 0. The Morgan fingerprint density at radius 2 is 1.86 bits per heavy atom. The summed E-state index contributed by atoms with van der Waals surface area (Å²) in [5.74, 6) is 0.520. The van der Waals surface area contributed by atoms with Crippen LogP contribution in [0.1, 0.15) is 15.9 Å². The highest BCUT2D eigenvalue weighted by molar-refractivity contribution is 7.94. The van der Waals surface area contributed by atoms with Gasteiger partial charge in [0.15, 0.2) is 0 Å². The van der Waals surface area contributed by atoms with Crippen LogP contribution < -0.4 is 14.4 Å². The number of carbonyl (C=O) groups is 1. The summed E-state index contributed by atoms with van der Waals surface area (Å²) in [5, 5.41) is 4.51. The van der Waals surface area contributed by atoms with Gasteiger partial charge in [-0.2, -0.15) is 0 Å². The lowest BCUT2D eigenvalue weighted by atomic mass is 10.2. The number of aryl methyl sites for hydroxylation is 1. The molecule has 0 unspecified atom stereocenters. The smallest absolute Gasteiger partial charge is 0.273 e. The average Bonchev–Trinajstić information content (AvgIpc) is 3.26. The van der Waals surface area contributed by atoms with Gasteiger partial charge in [-0.15, -0.1) is 11.3 Å². The molecule has 1 heterocycles. The summed E-state index contributed by atoms with van der Waals surface area (Å²) in [5.41, 5.74) is 2.04. The number of rotatable bonds is 8. The number of nitrogens with zero attached hydrogens (tertiary/aromatic N) is 1. The molecule has 8 heteroatoms. The Morgan fingerprint density at radius 3 is 2.52 bits per heavy atom. The maximum Gasteiger partial charge on any atom is 0.273 e. The van der Waals surface area contributed by atoms with Crippen LogP contribution in [0.2, 0.25) is 0 Å². The van der Waals surface area contributed by atoms with Crippen molar-refractivity contribution in [2.45, 2.75) is 11.1 Å². The molecule has 29 heavy (non-hydrogen) atoms. The topological polar surface area (TPSA) is 75.7 Å². The largest absolute Gasteiger partial charge is 0.492 e. The second-order valence-corrected chi connectivity index (χ2v) is 9.52. The minimum Gasteiger partial charge on any atom is -0.492 e. The zero-order valence-electron chi connectivity index (χ0n) is 16.2. The van der Waals surface area contributed by atoms with Gasteiger partial charge in [0.05, 0.1) is 12.2 Å². The third-order valence-electron chi connectivity index (χ3n) is 4.25. The zero-order chi connectivity index (χ0) is 20.9. The van der Waals surface area contributed by atoms with Crippen LogP contribution in [0.3, 0.4) is 0 Å². The van der Waals surface area contributed by atoms with E-state index in [2.05, 4.69) is 5.32 Å². The number of thiophene rings is 1. The molecule has 0 bridgehead atoms. The Kier molecular flexibility index (Phi) is 6.56. The van der Waals surface area contributed by atoms with E-state index in [1.165, 1.54) is 22.7 Å². The first-order valence-electron chi connectivity index (χ1n) is 8.98. The van der Waals surface area contributed by atoms with Crippen molar-refractivity contribution in [1.29, 1.82) is 0 Å². The van der Waals surface area contributed by atoms with E-state index in [4.69, 9.17) is 4.74 Å². The second kappa shape index (κ2) is 9.11. The van der Waals surface area contributed by atoms with Gasteiger partial charge in [-0.25, -0.2) is 8.42 Å². The lowest BCUT2D eigenvalue weighted by molar-refractivity contribution is 0.0947. The summed E-state index contributed by atoms with van der Waals surface area (Å²) in [4.78, 5) is 12.3. The van der Waals surface area contributed by atoms with Crippen molar-refractivity contribution >= 4 is 33.0 Å². The molecule has 3 aromatic rings. The summed E-state index contributed by atoms with van der Waals surface area (Å²) >= 11 is 1.17. The Morgan fingerprint density at radius 1 is 1.10 bits per heavy atom. The second-order valence-electron chi connectivity index (χ2n) is 6.37. The average molecular weight is 431 g/mol. The number of hydrogen-bond acceptors (Lipinski definition) is 5. The lowest BCUT2D eigenvalue weighted by Gasteiger charge is -2.18. The van der Waals surface area contributed by atoms with Gasteiger partial charge in [-0.1, -0.05) is 18.2 Å². The van der Waals surface area contributed by atoms with Gasteiger partial charge in [-0.05, 0) is 60.3 Å². The van der Waals surface area contributed by atoms with E-state index in [9.17, 15) is 13.2 Å². The van der Waals surface area contributed by atoms with E-state index in [0.29, 0.717) is 24.4 Å². The molecule has 0 atom stereocenters. The zero-order valence-corrected chi connectivity index (χ0v) is 17.8. The maximum absolute atomic E-state index is 12.6. The van der Waals surface area contributed by atoms with Crippen molar-refractivity contribution in [3.05, 3.63) is 77.2 Å². The number of carbonyl (C=O) groups excluding carboxylic acids is 1. The molecule has 0 radical (unpaired) electrons. The SMILES string of the molecule is Cc1cccc(OCCNC(=O)c2ccc(N(C)S(=O)(=O)c3cccs3)cc2)c1. The third-order valence-corrected chi connectivity index (χ3v) is 7.41. The highest BCUT2D eigenvalue weighted by Crippen LogP contribution is 2.25. The maximum atomic E-state index is 12.6. The summed E-state index contributed by atoms with van der Waals surface area (Å²) in [6, 6.07) is 17.4. The molecule has 3 rings (SSSR count). The molecule has 0 spiro atoms. The van der Waals surface area contributed by atoms with E-state index in [-0.39, 0.29) is 10.1 Å². The first-order valence-corrected chi connectivity index (χ1v) is 11.3. The first-order chi connectivity index (χ1) is 13.9. The van der Waals surface area contributed by atoms with Crippen LogP contribution in [0.5, 0.6) is 5.75 Å². The monoisotopic (exact) mass is 430 g/mol. The normalized spacial score (nSPS) is 11.1. The van der Waals surface area contributed by atoms with Gasteiger partial charge in [0.1, 0.15) is 16.6 Å². The van der Waals surface area contributed by atoms with Gasteiger partial charge in [0.25, 0.3) is 15.9 Å². The van der Waals surface area contributed by atoms with Crippen molar-refractivity contribution < 1.29 is 17.9 Å². The fourth-order valence-corrected chi connectivity index (χ4v) is 5.00. The molecule has 0 fully saturated rings. The molecular weight excluding hydrogens is 408 g/mol. The van der Waals surface area contributed by atoms with Crippen LogP contribution >= 0.6 is 11.3 Å². The quantitative estimate of drug-likeness (QED) is 0.553. The molecular formula is C21H22N2O4S2. The number of amides is 1. The number of nitrogens with one attached hydrogen (secondary N) is 1. The number of benzene rings is 2. The molecule has 6 nitrogen and oxygen atoms in total. The predicted octanol–water partition coefficient (Wildman–Crippen LogP) is 3.69. The minimum atomic E-state index is -3.59. The van der Waals surface area contributed by atoms with Crippen LogP contribution in [0.25, 0.3) is 0 Å². The van der Waals surface area contributed by atoms with Crippen molar-refractivity contribution in [2.24, 2.45) is 0 Å². The number of sulfonamides is 1. The van der Waals surface area contributed by atoms with Crippen LogP contribution in [0, 0.1) is 6.92 Å². The molecule has 1 aromatic heterocycles. The van der Waals surface area contributed by atoms with Crippen LogP contribution in [-0.2, 0) is 10.0 Å². The van der Waals surface area contributed by atoms with E-state index in [1.807, 2.05) is 31.2 Å². The highest BCUT2D eigenvalue weighted by atomic mass is 32.2. The van der Waals surface area contributed by atoms with E-state index < -0.39 is 10.0 Å². The van der Waals surface area contributed by atoms with Gasteiger partial charge in [0.2, 0.25) is 0 Å². The molecule has 1 amide bonds. The van der Waals surface area contributed by atoms with Crippen molar-refractivity contribution in [1.82, 2.24) is 5.32 Å². The van der Waals surface area contributed by atoms with Crippen molar-refractivity contribution in [3.8, 4) is 5.75 Å². The Hall–Kier alpha value is -2.84. The van der Waals surface area contributed by atoms with E-state index >= 15 is 0 Å². The van der Waals surface area contributed by atoms with Crippen LogP contribution in [-0.4, -0.2) is 34.5 Å². The molecule has 0 saturated carbocycles. The molecule has 0 saturated heterocycles. The van der Waals surface area contributed by atoms with Gasteiger partial charge in [-0.3, -0.25) is 9.10 Å². The first kappa shape index (κ1) is 20.9. The van der Waals surface area contributed by atoms with Crippen molar-refractivity contribution in [2.75, 3.05) is 24.5 Å². The number of hydrogen-bond donors (Lipinski definition) is 1. The van der Waals surface area contributed by atoms with Gasteiger partial charge < -0.3 is 10.1 Å². The third kappa shape index (κ3) is 5.16. The van der Waals surface area contributed by atoms with Crippen LogP contribution in [0.4, 0.5) is 5.69 Å². The van der Waals surface area contributed by atoms with Crippen molar-refractivity contribution in [3.63, 3.8) is 0 Å². The number of ether oxygens (including phenoxy) is 1. The Balaban J connectivity index is 1.54. The van der Waals surface area contributed by atoms with Gasteiger partial charge >= 0.3 is 0 Å². The minimum absolute atomic E-state index is 0.242. The lowest BCUT2D eigenvalue weighted by Crippen LogP contribution is -2.28. The molecule has 0 aliphatic rings. The Bertz CT molecular complexity index is 1060. The predicted molar refractivity (Wildman–Crippen MR) is 115 cm³/mol. The van der Waals surface area contributed by atoms with Gasteiger partial charge in [0, 0.05) is 12.6 Å². The molecule has 2 aromatic carbocycles. The summed E-state index contributed by atoms with van der Waals surface area (Å²) in [6.45, 7) is 2.71. The molecule has 1 N–H and O–H groups in total. The van der Waals surface area contributed by atoms with Crippen LogP contribution in [0.15, 0.2) is 70.3 Å².